The normalized spacial score (nSPS) is 11.9. The lowest BCUT2D eigenvalue weighted by Crippen LogP contribution is -2.07. The van der Waals surface area contributed by atoms with Crippen molar-refractivity contribution in [1.82, 2.24) is 4.98 Å². The standard InChI is InChI=1S/C11H10ClNO3S/c1-2-16-17(14,15)10-7-8-5-3-4-6-9(8)13-11(10)12/h3-7H,2H2,1H3. The van der Waals surface area contributed by atoms with E-state index in [1.807, 2.05) is 6.07 Å². The number of rotatable bonds is 3. The Kier molecular flexibility index (Phi) is 3.33. The van der Waals surface area contributed by atoms with E-state index >= 15 is 0 Å². The van der Waals surface area contributed by atoms with E-state index < -0.39 is 10.1 Å². The minimum Gasteiger partial charge on any atom is -0.267 e. The van der Waals surface area contributed by atoms with Crippen molar-refractivity contribution in [3.63, 3.8) is 0 Å². The van der Waals surface area contributed by atoms with Crippen LogP contribution in [0.15, 0.2) is 35.2 Å². The van der Waals surface area contributed by atoms with Crippen LogP contribution >= 0.6 is 11.6 Å². The Hall–Kier alpha value is -1.17. The highest BCUT2D eigenvalue weighted by Crippen LogP contribution is 2.25. The first-order valence-electron chi connectivity index (χ1n) is 4.99. The second kappa shape index (κ2) is 4.60. The van der Waals surface area contributed by atoms with Crippen LogP contribution < -0.4 is 0 Å². The van der Waals surface area contributed by atoms with Crippen LogP contribution in [0.3, 0.4) is 0 Å². The Labute approximate surface area is 104 Å². The number of benzene rings is 1. The number of pyridine rings is 1. The minimum atomic E-state index is -3.83. The molecule has 6 heteroatoms. The summed E-state index contributed by atoms with van der Waals surface area (Å²) in [5.41, 5.74) is 0.646. The van der Waals surface area contributed by atoms with Gasteiger partial charge in [0.2, 0.25) is 0 Å². The van der Waals surface area contributed by atoms with E-state index in [0.717, 1.165) is 0 Å². The molecule has 0 radical (unpaired) electrons. The van der Waals surface area contributed by atoms with Gasteiger partial charge in [-0.2, -0.15) is 8.42 Å². The molecule has 0 amide bonds. The predicted molar refractivity (Wildman–Crippen MR) is 65.6 cm³/mol. The zero-order valence-electron chi connectivity index (χ0n) is 9.05. The Balaban J connectivity index is 2.67. The lowest BCUT2D eigenvalue weighted by molar-refractivity contribution is 0.338. The maximum atomic E-state index is 11.8. The van der Waals surface area contributed by atoms with Gasteiger partial charge in [0.1, 0.15) is 4.90 Å². The van der Waals surface area contributed by atoms with E-state index in [1.54, 1.807) is 25.1 Å². The largest absolute Gasteiger partial charge is 0.300 e. The molecule has 17 heavy (non-hydrogen) atoms. The molecule has 4 nitrogen and oxygen atoms in total. The SMILES string of the molecule is CCOS(=O)(=O)c1cc2ccccc2nc1Cl. The minimum absolute atomic E-state index is 0.0610. The van der Waals surface area contributed by atoms with Crippen molar-refractivity contribution in [2.45, 2.75) is 11.8 Å². The summed E-state index contributed by atoms with van der Waals surface area (Å²) in [5.74, 6) is 0. The summed E-state index contributed by atoms with van der Waals surface area (Å²) < 4.78 is 28.2. The summed E-state index contributed by atoms with van der Waals surface area (Å²) in [4.78, 5) is 3.93. The molecule has 0 bridgehead atoms. The van der Waals surface area contributed by atoms with Gasteiger partial charge in [-0.1, -0.05) is 29.8 Å². The quantitative estimate of drug-likeness (QED) is 0.636. The number of fused-ring (bicyclic) bond motifs is 1. The van der Waals surface area contributed by atoms with Crippen LogP contribution in [-0.2, 0) is 14.3 Å². The van der Waals surface area contributed by atoms with E-state index in [9.17, 15) is 8.42 Å². The van der Waals surface area contributed by atoms with Gasteiger partial charge in [-0.25, -0.2) is 4.98 Å². The first kappa shape index (κ1) is 12.3. The molecular formula is C11H10ClNO3S. The van der Waals surface area contributed by atoms with Crippen LogP contribution in [0, 0.1) is 0 Å². The first-order chi connectivity index (χ1) is 8.04. The molecule has 0 aliphatic carbocycles. The third kappa shape index (κ3) is 2.41. The molecule has 0 unspecified atom stereocenters. The van der Waals surface area contributed by atoms with Crippen molar-refractivity contribution >= 4 is 32.6 Å². The lowest BCUT2D eigenvalue weighted by atomic mass is 10.2. The number of nitrogens with zero attached hydrogens (tertiary/aromatic N) is 1. The zero-order chi connectivity index (χ0) is 12.5. The number of halogens is 1. The summed E-state index contributed by atoms with van der Waals surface area (Å²) in [6.45, 7) is 1.66. The predicted octanol–water partition coefficient (Wildman–Crippen LogP) is 2.61. The van der Waals surface area contributed by atoms with Gasteiger partial charge >= 0.3 is 0 Å². The van der Waals surface area contributed by atoms with Gasteiger partial charge < -0.3 is 0 Å². The molecule has 0 spiro atoms. The molecule has 1 aromatic carbocycles. The maximum Gasteiger partial charge on any atom is 0.300 e. The van der Waals surface area contributed by atoms with Gasteiger partial charge in [0.15, 0.2) is 5.15 Å². The van der Waals surface area contributed by atoms with Gasteiger partial charge in [0.25, 0.3) is 10.1 Å². The maximum absolute atomic E-state index is 11.8. The van der Waals surface area contributed by atoms with Crippen molar-refractivity contribution in [2.24, 2.45) is 0 Å². The molecular weight excluding hydrogens is 262 g/mol. The van der Waals surface area contributed by atoms with Gasteiger partial charge in [-0.05, 0) is 19.1 Å². The Morgan fingerprint density at radius 1 is 1.35 bits per heavy atom. The van der Waals surface area contributed by atoms with Crippen LogP contribution in [0.2, 0.25) is 5.15 Å². The van der Waals surface area contributed by atoms with Crippen LogP contribution in [0.5, 0.6) is 0 Å². The Morgan fingerprint density at radius 2 is 2.06 bits per heavy atom. The van der Waals surface area contributed by atoms with E-state index in [1.165, 1.54) is 6.07 Å². The van der Waals surface area contributed by atoms with Gasteiger partial charge in [0.05, 0.1) is 12.1 Å². The lowest BCUT2D eigenvalue weighted by Gasteiger charge is -2.06. The molecule has 0 fully saturated rings. The molecule has 0 aliphatic rings. The van der Waals surface area contributed by atoms with E-state index in [4.69, 9.17) is 15.8 Å². The van der Waals surface area contributed by atoms with Crippen LogP contribution in [-0.4, -0.2) is 20.0 Å². The number of aromatic nitrogens is 1. The van der Waals surface area contributed by atoms with Crippen molar-refractivity contribution in [1.29, 1.82) is 0 Å². The second-order valence-corrected chi connectivity index (χ2v) is 5.27. The number of hydrogen-bond donors (Lipinski definition) is 0. The Morgan fingerprint density at radius 3 is 2.76 bits per heavy atom. The molecule has 1 aromatic heterocycles. The average Bonchev–Trinajstić information content (AvgIpc) is 2.27. The summed E-state index contributed by atoms with van der Waals surface area (Å²) in [7, 11) is -3.83. The van der Waals surface area contributed by atoms with Crippen LogP contribution in [0.1, 0.15) is 6.92 Å². The highest BCUT2D eigenvalue weighted by atomic mass is 35.5. The fourth-order valence-electron chi connectivity index (χ4n) is 1.47. The van der Waals surface area contributed by atoms with Crippen molar-refractivity contribution in [3.05, 3.63) is 35.5 Å². The highest BCUT2D eigenvalue weighted by molar-refractivity contribution is 7.86. The fourth-order valence-corrected chi connectivity index (χ4v) is 2.86. The number of hydrogen-bond acceptors (Lipinski definition) is 4. The van der Waals surface area contributed by atoms with Crippen molar-refractivity contribution in [3.8, 4) is 0 Å². The molecule has 90 valence electrons. The third-order valence-electron chi connectivity index (χ3n) is 2.19. The highest BCUT2D eigenvalue weighted by Gasteiger charge is 2.20. The van der Waals surface area contributed by atoms with Gasteiger partial charge in [0, 0.05) is 5.39 Å². The molecule has 2 rings (SSSR count). The summed E-state index contributed by atoms with van der Waals surface area (Å²) >= 11 is 5.85. The summed E-state index contributed by atoms with van der Waals surface area (Å²) in [6.07, 6.45) is 0. The van der Waals surface area contributed by atoms with Crippen LogP contribution in [0.4, 0.5) is 0 Å². The van der Waals surface area contributed by atoms with Gasteiger partial charge in [-0.3, -0.25) is 4.18 Å². The molecule has 0 saturated heterocycles. The Bertz CT molecular complexity index is 655. The van der Waals surface area contributed by atoms with E-state index in [2.05, 4.69) is 4.98 Å². The first-order valence-corrected chi connectivity index (χ1v) is 6.78. The third-order valence-corrected chi connectivity index (χ3v) is 3.98. The molecule has 2 aromatic rings. The van der Waals surface area contributed by atoms with Crippen molar-refractivity contribution < 1.29 is 12.6 Å². The van der Waals surface area contributed by atoms with Crippen molar-refractivity contribution in [2.75, 3.05) is 6.61 Å². The zero-order valence-corrected chi connectivity index (χ0v) is 10.6. The smallest absolute Gasteiger partial charge is 0.267 e. The molecule has 0 saturated carbocycles. The second-order valence-electron chi connectivity index (χ2n) is 3.33. The van der Waals surface area contributed by atoms with Gasteiger partial charge in [-0.15, -0.1) is 0 Å². The molecule has 0 N–H and O–H groups in total. The van der Waals surface area contributed by atoms with Crippen LogP contribution in [0.25, 0.3) is 10.9 Å². The summed E-state index contributed by atoms with van der Waals surface area (Å²) in [5, 5.41) is 0.632. The average molecular weight is 272 g/mol. The molecule has 1 heterocycles. The van der Waals surface area contributed by atoms with E-state index in [0.29, 0.717) is 10.9 Å². The molecule has 0 atom stereocenters. The fraction of sp³-hybridized carbons (Fsp3) is 0.182. The number of para-hydroxylation sites is 1. The molecule has 0 aliphatic heterocycles. The monoisotopic (exact) mass is 271 g/mol. The van der Waals surface area contributed by atoms with E-state index in [-0.39, 0.29) is 16.7 Å². The topological polar surface area (TPSA) is 56.3 Å². The summed E-state index contributed by atoms with van der Waals surface area (Å²) in [6, 6.07) is 8.61.